The van der Waals surface area contributed by atoms with Crippen LogP contribution in [0, 0.1) is 6.92 Å². The number of hydrogen-bond donors (Lipinski definition) is 0. The number of hydrogen-bond acceptors (Lipinski definition) is 3. The summed E-state index contributed by atoms with van der Waals surface area (Å²) >= 11 is 0. The number of para-hydroxylation sites is 5. The lowest BCUT2D eigenvalue weighted by Crippen LogP contribution is -2.15. The molecule has 7 aromatic carbocycles. The molecule has 230 valence electrons. The van der Waals surface area contributed by atoms with E-state index >= 15 is 0 Å². The molecule has 0 amide bonds. The molecule has 0 spiro atoms. The van der Waals surface area contributed by atoms with Crippen LogP contribution in [0.5, 0.6) is 11.5 Å². The SMILES string of the molecule is Cc1ccc(-c2ccc(N3c4ccccc4Oc4ccccc43)cc2)cc1-c1c(C(C)c2ccccc2)ccc2oc3ccccc3c12. The van der Waals surface area contributed by atoms with Crippen molar-refractivity contribution >= 4 is 39.0 Å². The second-order valence-corrected chi connectivity index (χ2v) is 12.6. The number of ether oxygens (including phenoxy) is 1. The summed E-state index contributed by atoms with van der Waals surface area (Å²) in [6, 6.07) is 55.7. The van der Waals surface area contributed by atoms with E-state index in [1.807, 2.05) is 30.3 Å². The second kappa shape index (κ2) is 11.3. The van der Waals surface area contributed by atoms with Crippen LogP contribution in [0.1, 0.15) is 29.5 Å². The van der Waals surface area contributed by atoms with E-state index in [0.717, 1.165) is 50.7 Å². The summed E-state index contributed by atoms with van der Waals surface area (Å²) in [4.78, 5) is 2.28. The van der Waals surface area contributed by atoms with Gasteiger partial charge in [0, 0.05) is 22.4 Å². The number of aryl methyl sites for hydroxylation is 1. The minimum atomic E-state index is 0.195. The first-order chi connectivity index (χ1) is 23.6. The van der Waals surface area contributed by atoms with Gasteiger partial charge in [0.05, 0.1) is 11.4 Å². The zero-order chi connectivity index (χ0) is 32.2. The van der Waals surface area contributed by atoms with E-state index in [4.69, 9.17) is 9.15 Å². The fourth-order valence-corrected chi connectivity index (χ4v) is 7.26. The molecule has 48 heavy (non-hydrogen) atoms. The van der Waals surface area contributed by atoms with Crippen LogP contribution in [-0.2, 0) is 0 Å². The maximum Gasteiger partial charge on any atom is 0.151 e. The molecular formula is C45H33NO2. The highest BCUT2D eigenvalue weighted by Crippen LogP contribution is 2.50. The summed E-state index contributed by atoms with van der Waals surface area (Å²) in [7, 11) is 0. The molecule has 1 aromatic heterocycles. The molecule has 1 unspecified atom stereocenters. The van der Waals surface area contributed by atoms with Gasteiger partial charge in [0.25, 0.3) is 0 Å². The standard InChI is InChI=1S/C45H33NO2/c1-29-20-21-33(32-22-24-34(25-23-32)46-38-15-7-10-18-41(38)48-42-19-11-8-16-39(42)46)28-37(29)44-35(30(2)31-12-4-3-5-13-31)26-27-43-45(44)36-14-6-9-17-40(36)47-43/h3-28,30H,1-2H3. The zero-order valence-corrected chi connectivity index (χ0v) is 26.9. The third kappa shape index (κ3) is 4.58. The Morgan fingerprint density at radius 3 is 1.96 bits per heavy atom. The van der Waals surface area contributed by atoms with Crippen LogP contribution < -0.4 is 9.64 Å². The maximum absolute atomic E-state index is 6.42. The van der Waals surface area contributed by atoms with E-state index < -0.39 is 0 Å². The average molecular weight is 620 g/mol. The number of benzene rings is 7. The average Bonchev–Trinajstić information content (AvgIpc) is 3.53. The molecule has 0 bridgehead atoms. The molecule has 1 aliphatic rings. The molecule has 1 atom stereocenters. The van der Waals surface area contributed by atoms with Crippen molar-refractivity contribution in [1.29, 1.82) is 0 Å². The first-order valence-electron chi connectivity index (χ1n) is 16.5. The van der Waals surface area contributed by atoms with Crippen molar-refractivity contribution in [1.82, 2.24) is 0 Å². The minimum absolute atomic E-state index is 0.195. The van der Waals surface area contributed by atoms with Gasteiger partial charge in [-0.05, 0) is 100 Å². The summed E-state index contributed by atoms with van der Waals surface area (Å²) in [6.07, 6.45) is 0. The Hall–Kier alpha value is -6.06. The van der Waals surface area contributed by atoms with E-state index in [-0.39, 0.29) is 5.92 Å². The van der Waals surface area contributed by atoms with Crippen molar-refractivity contribution in [3.8, 4) is 33.8 Å². The Morgan fingerprint density at radius 1 is 0.562 bits per heavy atom. The lowest BCUT2D eigenvalue weighted by atomic mass is 9.83. The van der Waals surface area contributed by atoms with Crippen LogP contribution >= 0.6 is 0 Å². The molecule has 0 saturated heterocycles. The number of anilines is 3. The first-order valence-corrected chi connectivity index (χ1v) is 16.5. The van der Waals surface area contributed by atoms with Crippen molar-refractivity contribution in [2.75, 3.05) is 4.90 Å². The van der Waals surface area contributed by atoms with Crippen LogP contribution in [0.3, 0.4) is 0 Å². The highest BCUT2D eigenvalue weighted by molar-refractivity contribution is 6.13. The van der Waals surface area contributed by atoms with Crippen LogP contribution in [0.15, 0.2) is 162 Å². The molecule has 0 N–H and O–H groups in total. The molecule has 1 aliphatic heterocycles. The van der Waals surface area contributed by atoms with E-state index in [0.29, 0.717) is 0 Å². The summed E-state index contributed by atoms with van der Waals surface area (Å²) in [5.41, 5.74) is 13.6. The fraction of sp³-hybridized carbons (Fsp3) is 0.0667. The summed E-state index contributed by atoms with van der Waals surface area (Å²) in [6.45, 7) is 4.52. The van der Waals surface area contributed by atoms with Gasteiger partial charge < -0.3 is 14.1 Å². The minimum Gasteiger partial charge on any atom is -0.456 e. The van der Waals surface area contributed by atoms with E-state index in [9.17, 15) is 0 Å². The second-order valence-electron chi connectivity index (χ2n) is 12.6. The molecule has 0 aliphatic carbocycles. The normalized spacial score (nSPS) is 12.8. The molecular weight excluding hydrogens is 587 g/mol. The van der Waals surface area contributed by atoms with Crippen molar-refractivity contribution in [2.45, 2.75) is 19.8 Å². The van der Waals surface area contributed by atoms with Gasteiger partial charge >= 0.3 is 0 Å². The number of furan rings is 1. The number of fused-ring (bicyclic) bond motifs is 5. The van der Waals surface area contributed by atoms with Gasteiger partial charge in [-0.1, -0.05) is 110 Å². The smallest absolute Gasteiger partial charge is 0.151 e. The lowest BCUT2D eigenvalue weighted by molar-refractivity contribution is 0.477. The van der Waals surface area contributed by atoms with Crippen LogP contribution in [0.4, 0.5) is 17.1 Å². The molecule has 9 rings (SSSR count). The third-order valence-corrected chi connectivity index (χ3v) is 9.74. The zero-order valence-electron chi connectivity index (χ0n) is 26.9. The van der Waals surface area contributed by atoms with Gasteiger partial charge in [-0.3, -0.25) is 0 Å². The van der Waals surface area contributed by atoms with E-state index in [1.54, 1.807) is 0 Å². The van der Waals surface area contributed by atoms with Gasteiger partial charge in [0.15, 0.2) is 11.5 Å². The first kappa shape index (κ1) is 28.2. The van der Waals surface area contributed by atoms with Crippen LogP contribution in [0.2, 0.25) is 0 Å². The Balaban J connectivity index is 1.18. The van der Waals surface area contributed by atoms with Crippen molar-refractivity contribution in [3.05, 3.63) is 174 Å². The molecule has 2 heterocycles. The molecule has 3 heteroatoms. The summed E-state index contributed by atoms with van der Waals surface area (Å²) in [5.74, 6) is 1.90. The largest absolute Gasteiger partial charge is 0.456 e. The van der Waals surface area contributed by atoms with Crippen molar-refractivity contribution < 1.29 is 9.15 Å². The van der Waals surface area contributed by atoms with Gasteiger partial charge in [-0.15, -0.1) is 0 Å². The molecule has 8 aromatic rings. The maximum atomic E-state index is 6.42. The van der Waals surface area contributed by atoms with Gasteiger partial charge in [0.2, 0.25) is 0 Å². The predicted octanol–water partition coefficient (Wildman–Crippen LogP) is 13.0. The Morgan fingerprint density at radius 2 is 1.21 bits per heavy atom. The third-order valence-electron chi connectivity index (χ3n) is 9.74. The highest BCUT2D eigenvalue weighted by Gasteiger charge is 2.26. The monoisotopic (exact) mass is 619 g/mol. The van der Waals surface area contributed by atoms with E-state index in [2.05, 4.69) is 146 Å². The van der Waals surface area contributed by atoms with Gasteiger partial charge in [-0.25, -0.2) is 0 Å². The van der Waals surface area contributed by atoms with E-state index in [1.165, 1.54) is 38.8 Å². The van der Waals surface area contributed by atoms with Crippen molar-refractivity contribution in [2.24, 2.45) is 0 Å². The molecule has 3 nitrogen and oxygen atoms in total. The van der Waals surface area contributed by atoms with Crippen LogP contribution in [0.25, 0.3) is 44.2 Å². The van der Waals surface area contributed by atoms with Crippen molar-refractivity contribution in [3.63, 3.8) is 0 Å². The quantitative estimate of drug-likeness (QED) is 0.192. The molecule has 0 radical (unpaired) electrons. The lowest BCUT2D eigenvalue weighted by Gasteiger charge is -2.32. The van der Waals surface area contributed by atoms with Gasteiger partial charge in [-0.2, -0.15) is 0 Å². The van der Waals surface area contributed by atoms with Crippen LogP contribution in [-0.4, -0.2) is 0 Å². The highest BCUT2D eigenvalue weighted by atomic mass is 16.5. The fourth-order valence-electron chi connectivity index (χ4n) is 7.26. The Kier molecular flexibility index (Phi) is 6.65. The molecule has 0 fully saturated rings. The Bertz CT molecular complexity index is 2410. The molecule has 0 saturated carbocycles. The Labute approximate surface area is 280 Å². The predicted molar refractivity (Wildman–Crippen MR) is 198 cm³/mol. The summed E-state index contributed by atoms with van der Waals surface area (Å²) in [5, 5.41) is 2.32. The number of nitrogens with zero attached hydrogens (tertiary/aromatic N) is 1. The summed E-state index contributed by atoms with van der Waals surface area (Å²) < 4.78 is 12.7. The number of rotatable bonds is 5. The van der Waals surface area contributed by atoms with Gasteiger partial charge in [0.1, 0.15) is 11.2 Å². The topological polar surface area (TPSA) is 25.6 Å².